The third-order valence-corrected chi connectivity index (χ3v) is 4.45. The molecule has 1 heterocycles. The molecule has 0 spiro atoms. The molecule has 0 aromatic rings. The highest BCUT2D eigenvalue weighted by molar-refractivity contribution is 4.96. The average Bonchev–Trinajstić information content (AvgIpc) is 2.72. The molecule has 1 aliphatic carbocycles. The third kappa shape index (κ3) is 2.27. The highest BCUT2D eigenvalue weighted by Crippen LogP contribution is 2.44. The molecule has 3 N–H and O–H groups in total. The van der Waals surface area contributed by atoms with Crippen LogP contribution in [0.15, 0.2) is 0 Å². The fourth-order valence-corrected chi connectivity index (χ4v) is 3.35. The zero-order valence-corrected chi connectivity index (χ0v) is 10.5. The summed E-state index contributed by atoms with van der Waals surface area (Å²) in [7, 11) is 0. The number of aliphatic hydroxyl groups excluding tert-OH is 1. The normalized spacial score (nSPS) is 42.8. The van der Waals surface area contributed by atoms with Crippen molar-refractivity contribution < 1.29 is 9.84 Å². The average molecular weight is 227 g/mol. The van der Waals surface area contributed by atoms with E-state index in [1.165, 1.54) is 0 Å². The molecule has 2 rings (SSSR count). The first-order chi connectivity index (χ1) is 7.47. The fraction of sp³-hybridized carbons (Fsp3) is 1.00. The van der Waals surface area contributed by atoms with Crippen LogP contribution in [0.3, 0.4) is 0 Å². The van der Waals surface area contributed by atoms with E-state index in [9.17, 15) is 5.11 Å². The lowest BCUT2D eigenvalue weighted by atomic mass is 9.78. The summed E-state index contributed by atoms with van der Waals surface area (Å²) in [6.45, 7) is 4.88. The van der Waals surface area contributed by atoms with E-state index < -0.39 is 0 Å². The Morgan fingerprint density at radius 3 is 2.50 bits per heavy atom. The summed E-state index contributed by atoms with van der Waals surface area (Å²) < 4.78 is 6.02. The number of ether oxygens (including phenoxy) is 1. The second-order valence-electron chi connectivity index (χ2n) is 6.22. The summed E-state index contributed by atoms with van der Waals surface area (Å²) in [5.41, 5.74) is 5.84. The van der Waals surface area contributed by atoms with Crippen molar-refractivity contribution in [1.29, 1.82) is 0 Å². The Balaban J connectivity index is 1.98. The molecule has 2 aliphatic rings. The minimum absolute atomic E-state index is 0.0179. The van der Waals surface area contributed by atoms with E-state index in [4.69, 9.17) is 10.5 Å². The van der Waals surface area contributed by atoms with Gasteiger partial charge in [0.1, 0.15) is 0 Å². The van der Waals surface area contributed by atoms with Gasteiger partial charge in [0.05, 0.1) is 17.8 Å². The Labute approximate surface area is 98.4 Å². The first-order valence-electron chi connectivity index (χ1n) is 6.53. The van der Waals surface area contributed by atoms with Crippen LogP contribution < -0.4 is 5.73 Å². The van der Waals surface area contributed by atoms with Crippen LogP contribution in [-0.2, 0) is 4.74 Å². The standard InChI is InChI=1S/C13H25NO2/c1-12(2)7-5-10(16-12)8-13(9-14)6-3-4-11(13)15/h10-11,15H,3-9,14H2,1-2H3. The van der Waals surface area contributed by atoms with E-state index in [0.29, 0.717) is 12.6 Å². The maximum absolute atomic E-state index is 10.1. The van der Waals surface area contributed by atoms with Crippen molar-refractivity contribution in [2.45, 2.75) is 70.2 Å². The largest absolute Gasteiger partial charge is 0.392 e. The highest BCUT2D eigenvalue weighted by Gasteiger charge is 2.44. The second-order valence-corrected chi connectivity index (χ2v) is 6.22. The SMILES string of the molecule is CC1(C)CCC(CC2(CN)CCCC2O)O1. The molecule has 2 fully saturated rings. The molecule has 1 saturated carbocycles. The first-order valence-corrected chi connectivity index (χ1v) is 6.53. The van der Waals surface area contributed by atoms with Crippen LogP contribution in [0.5, 0.6) is 0 Å². The minimum atomic E-state index is -0.218. The van der Waals surface area contributed by atoms with Crippen LogP contribution in [-0.4, -0.2) is 29.5 Å². The summed E-state index contributed by atoms with van der Waals surface area (Å²) >= 11 is 0. The second kappa shape index (κ2) is 4.28. The molecule has 3 heteroatoms. The molecule has 1 aliphatic heterocycles. The first kappa shape index (κ1) is 12.3. The van der Waals surface area contributed by atoms with E-state index in [0.717, 1.165) is 38.5 Å². The van der Waals surface area contributed by atoms with Gasteiger partial charge < -0.3 is 15.6 Å². The topological polar surface area (TPSA) is 55.5 Å². The van der Waals surface area contributed by atoms with Crippen LogP contribution in [0, 0.1) is 5.41 Å². The van der Waals surface area contributed by atoms with E-state index >= 15 is 0 Å². The van der Waals surface area contributed by atoms with Crippen LogP contribution in [0.25, 0.3) is 0 Å². The summed E-state index contributed by atoms with van der Waals surface area (Å²) in [4.78, 5) is 0. The Morgan fingerprint density at radius 2 is 2.06 bits per heavy atom. The van der Waals surface area contributed by atoms with Gasteiger partial charge in [-0.15, -0.1) is 0 Å². The Bertz CT molecular complexity index is 254. The van der Waals surface area contributed by atoms with Crippen molar-refractivity contribution in [1.82, 2.24) is 0 Å². The lowest BCUT2D eigenvalue weighted by molar-refractivity contribution is -0.0524. The molecule has 16 heavy (non-hydrogen) atoms. The van der Waals surface area contributed by atoms with Gasteiger partial charge in [0.2, 0.25) is 0 Å². The van der Waals surface area contributed by atoms with E-state index in [-0.39, 0.29) is 17.1 Å². The Hall–Kier alpha value is -0.120. The Morgan fingerprint density at radius 1 is 1.31 bits per heavy atom. The van der Waals surface area contributed by atoms with Gasteiger partial charge >= 0.3 is 0 Å². The van der Waals surface area contributed by atoms with Crippen LogP contribution in [0.2, 0.25) is 0 Å². The molecule has 0 amide bonds. The van der Waals surface area contributed by atoms with E-state index in [2.05, 4.69) is 13.8 Å². The molecular weight excluding hydrogens is 202 g/mol. The zero-order valence-electron chi connectivity index (χ0n) is 10.5. The maximum atomic E-state index is 10.1. The summed E-state index contributed by atoms with van der Waals surface area (Å²) in [6.07, 6.45) is 6.33. The molecule has 3 atom stereocenters. The molecule has 0 radical (unpaired) electrons. The zero-order chi connectivity index (χ0) is 11.8. The number of nitrogens with two attached hydrogens (primary N) is 1. The van der Waals surface area contributed by atoms with Crippen molar-refractivity contribution in [2.24, 2.45) is 11.1 Å². The van der Waals surface area contributed by atoms with Crippen molar-refractivity contribution >= 4 is 0 Å². The minimum Gasteiger partial charge on any atom is -0.392 e. The summed E-state index contributed by atoms with van der Waals surface area (Å²) in [6, 6.07) is 0. The predicted octanol–water partition coefficient (Wildman–Crippen LogP) is 1.82. The van der Waals surface area contributed by atoms with Crippen molar-refractivity contribution in [3.63, 3.8) is 0 Å². The van der Waals surface area contributed by atoms with Crippen molar-refractivity contribution in [3.05, 3.63) is 0 Å². The van der Waals surface area contributed by atoms with E-state index in [1.807, 2.05) is 0 Å². The van der Waals surface area contributed by atoms with Gasteiger partial charge in [0.25, 0.3) is 0 Å². The van der Waals surface area contributed by atoms with Crippen LogP contribution in [0.4, 0.5) is 0 Å². The molecule has 3 nitrogen and oxygen atoms in total. The monoisotopic (exact) mass is 227 g/mol. The molecule has 0 aromatic heterocycles. The lowest BCUT2D eigenvalue weighted by Crippen LogP contribution is -2.40. The van der Waals surface area contributed by atoms with Gasteiger partial charge in [-0.25, -0.2) is 0 Å². The van der Waals surface area contributed by atoms with Crippen molar-refractivity contribution in [2.75, 3.05) is 6.54 Å². The third-order valence-electron chi connectivity index (χ3n) is 4.45. The molecule has 94 valence electrons. The molecule has 3 unspecified atom stereocenters. The predicted molar refractivity (Wildman–Crippen MR) is 64.1 cm³/mol. The van der Waals surface area contributed by atoms with Gasteiger partial charge in [0.15, 0.2) is 0 Å². The fourth-order valence-electron chi connectivity index (χ4n) is 3.35. The van der Waals surface area contributed by atoms with Gasteiger partial charge in [-0.05, 0) is 46.0 Å². The quantitative estimate of drug-likeness (QED) is 0.773. The number of aliphatic hydroxyl groups is 1. The lowest BCUT2D eigenvalue weighted by Gasteiger charge is -2.34. The van der Waals surface area contributed by atoms with Gasteiger partial charge in [-0.1, -0.05) is 6.42 Å². The van der Waals surface area contributed by atoms with Crippen LogP contribution in [0.1, 0.15) is 52.4 Å². The van der Waals surface area contributed by atoms with Crippen LogP contribution >= 0.6 is 0 Å². The van der Waals surface area contributed by atoms with Crippen molar-refractivity contribution in [3.8, 4) is 0 Å². The summed E-state index contributed by atoms with van der Waals surface area (Å²) in [5.74, 6) is 0. The van der Waals surface area contributed by atoms with E-state index in [1.54, 1.807) is 0 Å². The number of hydrogen-bond acceptors (Lipinski definition) is 3. The molecule has 1 saturated heterocycles. The Kier molecular flexibility index (Phi) is 3.30. The molecule has 0 aromatic carbocycles. The van der Waals surface area contributed by atoms with Gasteiger partial charge in [0, 0.05) is 12.0 Å². The maximum Gasteiger partial charge on any atom is 0.0631 e. The number of rotatable bonds is 3. The highest BCUT2D eigenvalue weighted by atomic mass is 16.5. The number of hydrogen-bond donors (Lipinski definition) is 2. The van der Waals surface area contributed by atoms with Gasteiger partial charge in [-0.2, -0.15) is 0 Å². The molecule has 0 bridgehead atoms. The summed E-state index contributed by atoms with van der Waals surface area (Å²) in [5, 5.41) is 10.1. The molecular formula is C13H25NO2. The van der Waals surface area contributed by atoms with Gasteiger partial charge in [-0.3, -0.25) is 0 Å². The smallest absolute Gasteiger partial charge is 0.0631 e.